The molecule has 0 atom stereocenters. The van der Waals surface area contributed by atoms with E-state index in [4.69, 9.17) is 14.2 Å². The Morgan fingerprint density at radius 1 is 0.556 bits per heavy atom. The number of ether oxygens (including phenoxy) is 3. The van der Waals surface area contributed by atoms with Crippen LogP contribution in [0.2, 0.25) is 0 Å². The fraction of sp³-hybridized carbons (Fsp3) is 0.467. The van der Waals surface area contributed by atoms with Crippen molar-refractivity contribution in [2.75, 3.05) is 26.4 Å². The molecule has 0 unspecified atom stereocenters. The van der Waals surface area contributed by atoms with Crippen molar-refractivity contribution in [3.05, 3.63) is 59.7 Å². The molecule has 7 nitrogen and oxygen atoms in total. The van der Waals surface area contributed by atoms with Crippen LogP contribution in [-0.2, 0) is 14.3 Å². The molecule has 0 N–H and O–H groups in total. The molecular formula is C30H30F8O7. The topological polar surface area (TPSA) is 96.0 Å². The Morgan fingerprint density at radius 3 is 1.11 bits per heavy atom. The lowest BCUT2D eigenvalue weighted by atomic mass is 9.78. The van der Waals surface area contributed by atoms with Crippen LogP contribution in [0.15, 0.2) is 48.5 Å². The third-order valence-corrected chi connectivity index (χ3v) is 6.65. The second-order valence-electron chi connectivity index (χ2n) is 10.8. The number of Topliss-reactive ketones (excluding diaryl/α,β-unsaturated/α-hetero) is 4. The summed E-state index contributed by atoms with van der Waals surface area (Å²) in [6.45, 7) is 3.59. The Hall–Kier alpha value is -3.88. The zero-order valence-electron chi connectivity index (χ0n) is 24.5. The average Bonchev–Trinajstić information content (AvgIpc) is 2.99. The van der Waals surface area contributed by atoms with E-state index in [0.717, 1.165) is 27.7 Å². The van der Waals surface area contributed by atoms with Gasteiger partial charge in [-0.3, -0.25) is 19.2 Å². The van der Waals surface area contributed by atoms with Gasteiger partial charge in [0.1, 0.15) is 24.7 Å². The first-order valence-corrected chi connectivity index (χ1v) is 13.2. The molecule has 0 saturated carbocycles. The fourth-order valence-electron chi connectivity index (χ4n) is 3.90. The Balaban J connectivity index is 1.79. The Labute approximate surface area is 252 Å². The molecule has 0 aromatic heterocycles. The van der Waals surface area contributed by atoms with Crippen molar-refractivity contribution in [3.63, 3.8) is 0 Å². The summed E-state index contributed by atoms with van der Waals surface area (Å²) in [5, 5.41) is 0. The molecule has 2 aromatic carbocycles. The molecule has 45 heavy (non-hydrogen) atoms. The Morgan fingerprint density at radius 2 is 0.844 bits per heavy atom. The van der Waals surface area contributed by atoms with Gasteiger partial charge in [0.15, 0.2) is 11.6 Å². The van der Waals surface area contributed by atoms with Crippen LogP contribution in [0.1, 0.15) is 48.4 Å². The van der Waals surface area contributed by atoms with Crippen molar-refractivity contribution >= 4 is 23.1 Å². The Kier molecular flexibility index (Phi) is 12.0. The van der Waals surface area contributed by atoms with E-state index < -0.39 is 58.7 Å². The van der Waals surface area contributed by atoms with Gasteiger partial charge < -0.3 is 14.2 Å². The SMILES string of the molecule is CC(C)(C(=O)c1ccc(OCCOCCOc2ccc(C(=O)C(C)(C)C(=O)C(F)(F)C(F)F)cc2)cc1)C(=O)C(F)(F)C(F)F. The van der Waals surface area contributed by atoms with Gasteiger partial charge in [-0.25, -0.2) is 17.6 Å². The maximum atomic E-state index is 13.5. The van der Waals surface area contributed by atoms with Gasteiger partial charge in [0.25, 0.3) is 0 Å². The highest BCUT2D eigenvalue weighted by Crippen LogP contribution is 2.36. The molecule has 0 radical (unpaired) electrons. The standard InChI is InChI=1S/C30H30F8O7/c1-27(2,23(41)29(35,36)25(31)32)21(39)17-5-9-19(10-6-17)44-15-13-43-14-16-45-20-11-7-18(8-12-20)22(40)28(3,4)24(42)30(37,38)26(33)34/h5-12,25-26H,13-16H2,1-4H3. The maximum absolute atomic E-state index is 13.5. The Bertz CT molecular complexity index is 1250. The van der Waals surface area contributed by atoms with Gasteiger partial charge in [0.2, 0.25) is 11.6 Å². The van der Waals surface area contributed by atoms with Crippen molar-refractivity contribution in [1.29, 1.82) is 0 Å². The molecule has 0 aliphatic heterocycles. The normalized spacial score (nSPS) is 12.8. The summed E-state index contributed by atoms with van der Waals surface area (Å²) in [7, 11) is 0. The number of benzene rings is 2. The first-order chi connectivity index (χ1) is 20.7. The van der Waals surface area contributed by atoms with Crippen molar-refractivity contribution < 1.29 is 68.5 Å². The van der Waals surface area contributed by atoms with Crippen LogP contribution in [0.3, 0.4) is 0 Å². The number of hydrogen-bond donors (Lipinski definition) is 0. The number of ketones is 4. The van der Waals surface area contributed by atoms with Crippen molar-refractivity contribution in [2.24, 2.45) is 10.8 Å². The summed E-state index contributed by atoms with van der Waals surface area (Å²) in [6, 6.07) is 10.0. The molecule has 0 bridgehead atoms. The summed E-state index contributed by atoms with van der Waals surface area (Å²) in [6.07, 6.45) is -8.51. The molecule has 0 aliphatic carbocycles. The van der Waals surface area contributed by atoms with Crippen LogP contribution >= 0.6 is 0 Å². The van der Waals surface area contributed by atoms with Crippen molar-refractivity contribution in [1.82, 2.24) is 0 Å². The lowest BCUT2D eigenvalue weighted by Crippen LogP contribution is -2.48. The van der Waals surface area contributed by atoms with E-state index in [2.05, 4.69) is 0 Å². The third-order valence-electron chi connectivity index (χ3n) is 6.65. The third kappa shape index (κ3) is 8.65. The van der Waals surface area contributed by atoms with E-state index in [1.165, 1.54) is 48.5 Å². The second kappa shape index (κ2) is 14.5. The summed E-state index contributed by atoms with van der Waals surface area (Å²) >= 11 is 0. The highest BCUT2D eigenvalue weighted by molar-refractivity contribution is 6.16. The number of carbonyl (C=O) groups excluding carboxylic acids is 4. The highest BCUT2D eigenvalue weighted by Gasteiger charge is 2.57. The van der Waals surface area contributed by atoms with Gasteiger partial charge in [-0.1, -0.05) is 0 Å². The molecule has 0 amide bonds. The average molecular weight is 655 g/mol. The summed E-state index contributed by atoms with van der Waals surface area (Å²) < 4.78 is 121. The monoisotopic (exact) mass is 654 g/mol. The minimum atomic E-state index is -4.98. The molecule has 0 saturated heterocycles. The first kappa shape index (κ1) is 37.3. The van der Waals surface area contributed by atoms with E-state index in [-0.39, 0.29) is 49.1 Å². The van der Waals surface area contributed by atoms with Gasteiger partial charge in [-0.15, -0.1) is 0 Å². The van der Waals surface area contributed by atoms with Crippen LogP contribution in [0.5, 0.6) is 11.5 Å². The van der Waals surface area contributed by atoms with E-state index in [0.29, 0.717) is 0 Å². The van der Waals surface area contributed by atoms with Crippen molar-refractivity contribution in [3.8, 4) is 11.5 Å². The second-order valence-corrected chi connectivity index (χ2v) is 10.8. The molecule has 0 fully saturated rings. The molecule has 0 heterocycles. The fourth-order valence-corrected chi connectivity index (χ4v) is 3.90. The van der Waals surface area contributed by atoms with Crippen LogP contribution < -0.4 is 9.47 Å². The lowest BCUT2D eigenvalue weighted by molar-refractivity contribution is -0.173. The number of halogens is 8. The first-order valence-electron chi connectivity index (χ1n) is 13.2. The van der Waals surface area contributed by atoms with Gasteiger partial charge in [0, 0.05) is 11.1 Å². The van der Waals surface area contributed by atoms with E-state index >= 15 is 0 Å². The number of carbonyl (C=O) groups is 4. The highest BCUT2D eigenvalue weighted by atomic mass is 19.3. The summed E-state index contributed by atoms with van der Waals surface area (Å²) in [4.78, 5) is 49.0. The zero-order chi connectivity index (χ0) is 34.4. The van der Waals surface area contributed by atoms with Crippen molar-refractivity contribution in [2.45, 2.75) is 52.4 Å². The largest absolute Gasteiger partial charge is 0.491 e. The van der Waals surface area contributed by atoms with Crippen LogP contribution in [-0.4, -0.2) is 74.3 Å². The predicted molar refractivity (Wildman–Crippen MR) is 143 cm³/mol. The molecule has 248 valence electrons. The van der Waals surface area contributed by atoms with Gasteiger partial charge >= 0.3 is 24.7 Å². The molecule has 2 aromatic rings. The minimum absolute atomic E-state index is 0.0355. The van der Waals surface area contributed by atoms with Gasteiger partial charge in [0.05, 0.1) is 24.0 Å². The zero-order valence-corrected chi connectivity index (χ0v) is 24.5. The molecular weight excluding hydrogens is 624 g/mol. The maximum Gasteiger partial charge on any atom is 0.365 e. The molecule has 0 aliphatic rings. The van der Waals surface area contributed by atoms with Crippen LogP contribution in [0.4, 0.5) is 35.1 Å². The predicted octanol–water partition coefficient (Wildman–Crippen LogP) is 6.52. The lowest BCUT2D eigenvalue weighted by Gasteiger charge is -2.26. The van der Waals surface area contributed by atoms with E-state index in [1.807, 2.05) is 0 Å². The smallest absolute Gasteiger partial charge is 0.365 e. The quantitative estimate of drug-likeness (QED) is 0.0782. The molecule has 15 heteroatoms. The van der Waals surface area contributed by atoms with E-state index in [9.17, 15) is 54.3 Å². The van der Waals surface area contributed by atoms with E-state index in [1.54, 1.807) is 0 Å². The minimum Gasteiger partial charge on any atom is -0.491 e. The number of alkyl halides is 8. The summed E-state index contributed by atoms with van der Waals surface area (Å²) in [5.41, 5.74) is -5.15. The summed E-state index contributed by atoms with van der Waals surface area (Å²) in [5.74, 6) is -16.0. The number of hydrogen-bond acceptors (Lipinski definition) is 7. The van der Waals surface area contributed by atoms with Crippen LogP contribution in [0.25, 0.3) is 0 Å². The van der Waals surface area contributed by atoms with Gasteiger partial charge in [-0.05, 0) is 76.2 Å². The molecule has 2 rings (SSSR count). The van der Waals surface area contributed by atoms with Gasteiger partial charge in [-0.2, -0.15) is 17.6 Å². The van der Waals surface area contributed by atoms with Crippen LogP contribution in [0, 0.1) is 10.8 Å². The molecule has 0 spiro atoms. The number of rotatable bonds is 18.